The Bertz CT molecular complexity index is 550. The summed E-state index contributed by atoms with van der Waals surface area (Å²) in [5.74, 6) is -2.21. The average Bonchev–Trinajstić information content (AvgIpc) is 2.44. The van der Waals surface area contributed by atoms with E-state index in [1.165, 1.54) is 19.2 Å². The van der Waals surface area contributed by atoms with Crippen LogP contribution in [-0.4, -0.2) is 31.3 Å². The van der Waals surface area contributed by atoms with E-state index < -0.39 is 24.2 Å². The van der Waals surface area contributed by atoms with E-state index in [0.717, 1.165) is 6.08 Å². The van der Waals surface area contributed by atoms with Crippen LogP contribution in [0.2, 0.25) is 0 Å². The number of methoxy groups -OCH3 is 1. The fraction of sp³-hybridized carbons (Fsp3) is 0.154. The second-order valence-electron chi connectivity index (χ2n) is 3.64. The van der Waals surface area contributed by atoms with Gasteiger partial charge in [-0.25, -0.2) is 0 Å². The Morgan fingerprint density at radius 1 is 1.30 bits per heavy atom. The van der Waals surface area contributed by atoms with Crippen LogP contribution >= 0.6 is 11.6 Å². The van der Waals surface area contributed by atoms with Gasteiger partial charge in [-0.2, -0.15) is 0 Å². The number of hydrogen-bond acceptors (Lipinski definition) is 5. The summed E-state index contributed by atoms with van der Waals surface area (Å²) in [6, 6.07) is 6.15. The zero-order valence-corrected chi connectivity index (χ0v) is 11.3. The molecule has 0 spiro atoms. The SMILES string of the molecule is COc1ccc(C(=O)C(Cl)=CC(=O)NCC(=O)[O-])cc1. The summed E-state index contributed by atoms with van der Waals surface area (Å²) >= 11 is 5.71. The van der Waals surface area contributed by atoms with Gasteiger partial charge in [0.05, 0.1) is 24.7 Å². The molecule has 0 aromatic heterocycles. The highest BCUT2D eigenvalue weighted by molar-refractivity contribution is 6.46. The normalized spacial score (nSPS) is 10.8. The summed E-state index contributed by atoms with van der Waals surface area (Å²) in [5.41, 5.74) is 0.278. The van der Waals surface area contributed by atoms with E-state index in [4.69, 9.17) is 16.3 Å². The van der Waals surface area contributed by atoms with Gasteiger partial charge in [0.1, 0.15) is 5.75 Å². The van der Waals surface area contributed by atoms with E-state index in [2.05, 4.69) is 0 Å². The van der Waals surface area contributed by atoms with Gasteiger partial charge < -0.3 is 20.0 Å². The number of amides is 1. The molecule has 0 aliphatic carbocycles. The molecule has 1 aromatic carbocycles. The quantitative estimate of drug-likeness (QED) is 0.582. The van der Waals surface area contributed by atoms with Gasteiger partial charge in [-0.05, 0) is 24.3 Å². The number of benzene rings is 1. The minimum atomic E-state index is -1.44. The van der Waals surface area contributed by atoms with Crippen molar-refractivity contribution in [3.05, 3.63) is 40.9 Å². The Balaban J connectivity index is 2.74. The van der Waals surface area contributed by atoms with Crippen molar-refractivity contribution in [1.29, 1.82) is 0 Å². The van der Waals surface area contributed by atoms with Crippen LogP contribution in [0.25, 0.3) is 0 Å². The fourth-order valence-electron chi connectivity index (χ4n) is 1.27. The molecule has 0 saturated carbocycles. The summed E-state index contributed by atoms with van der Waals surface area (Å²) in [6.45, 7) is -0.657. The van der Waals surface area contributed by atoms with Gasteiger partial charge in [0.25, 0.3) is 0 Å². The first-order valence-corrected chi connectivity index (χ1v) is 5.85. The molecule has 1 N–H and O–H groups in total. The molecule has 0 aliphatic heterocycles. The molecule has 0 aliphatic rings. The van der Waals surface area contributed by atoms with Crippen molar-refractivity contribution in [2.75, 3.05) is 13.7 Å². The van der Waals surface area contributed by atoms with E-state index in [1.54, 1.807) is 12.1 Å². The zero-order valence-electron chi connectivity index (χ0n) is 10.5. The third kappa shape index (κ3) is 4.74. The van der Waals surface area contributed by atoms with Crippen molar-refractivity contribution in [3.63, 3.8) is 0 Å². The number of carbonyl (C=O) groups is 3. The molecule has 0 atom stereocenters. The number of ether oxygens (including phenoxy) is 1. The summed E-state index contributed by atoms with van der Waals surface area (Å²) in [4.78, 5) is 33.3. The van der Waals surface area contributed by atoms with Crippen LogP contribution in [0, 0.1) is 0 Å². The molecule has 0 bridgehead atoms. The second kappa shape index (κ2) is 7.30. The number of aliphatic carboxylic acids is 1. The van der Waals surface area contributed by atoms with E-state index in [0.29, 0.717) is 5.75 Å². The number of carboxylic acids is 1. The lowest BCUT2D eigenvalue weighted by molar-refractivity contribution is -0.303. The predicted octanol–water partition coefficient (Wildman–Crippen LogP) is -0.133. The van der Waals surface area contributed by atoms with Gasteiger partial charge >= 0.3 is 0 Å². The Hall–Kier alpha value is -2.34. The van der Waals surface area contributed by atoms with Crippen LogP contribution in [0.15, 0.2) is 35.4 Å². The van der Waals surface area contributed by atoms with Crippen LogP contribution in [-0.2, 0) is 9.59 Å². The number of ketones is 1. The van der Waals surface area contributed by atoms with Gasteiger partial charge in [-0.15, -0.1) is 0 Å². The number of rotatable bonds is 6. The first kappa shape index (κ1) is 15.7. The summed E-state index contributed by atoms with van der Waals surface area (Å²) < 4.78 is 4.94. The monoisotopic (exact) mass is 296 g/mol. The van der Waals surface area contributed by atoms with Crippen molar-refractivity contribution in [2.24, 2.45) is 0 Å². The molecule has 20 heavy (non-hydrogen) atoms. The van der Waals surface area contributed by atoms with Crippen molar-refractivity contribution in [3.8, 4) is 5.75 Å². The number of hydrogen-bond donors (Lipinski definition) is 1. The Morgan fingerprint density at radius 3 is 2.40 bits per heavy atom. The standard InChI is InChI=1S/C13H12ClNO5/c1-20-9-4-2-8(3-5-9)13(19)10(14)6-11(16)15-7-12(17)18/h2-6H,7H2,1H3,(H,15,16)(H,17,18)/p-1. The molecule has 0 saturated heterocycles. The minimum Gasteiger partial charge on any atom is -0.548 e. The second-order valence-corrected chi connectivity index (χ2v) is 4.05. The Labute approximate surface area is 120 Å². The Kier molecular flexibility index (Phi) is 5.74. The zero-order chi connectivity index (χ0) is 15.1. The third-order valence-corrected chi connectivity index (χ3v) is 2.51. The molecule has 0 fully saturated rings. The molecular weight excluding hydrogens is 286 g/mol. The molecule has 0 heterocycles. The average molecular weight is 297 g/mol. The largest absolute Gasteiger partial charge is 0.548 e. The number of allylic oxidation sites excluding steroid dienone is 1. The maximum atomic E-state index is 11.9. The van der Waals surface area contributed by atoms with Crippen molar-refractivity contribution < 1.29 is 24.2 Å². The van der Waals surface area contributed by atoms with E-state index >= 15 is 0 Å². The summed E-state index contributed by atoms with van der Waals surface area (Å²) in [7, 11) is 1.49. The van der Waals surface area contributed by atoms with Crippen LogP contribution in [0.4, 0.5) is 0 Å². The number of Topliss-reactive ketones (excluding diaryl/α,β-unsaturated/α-hetero) is 1. The molecule has 0 radical (unpaired) electrons. The van der Waals surface area contributed by atoms with Gasteiger partial charge in [0.2, 0.25) is 11.7 Å². The summed E-state index contributed by atoms with van der Waals surface area (Å²) in [5, 5.41) is 11.8. The molecule has 1 aromatic rings. The molecule has 6 nitrogen and oxygen atoms in total. The van der Waals surface area contributed by atoms with Crippen molar-refractivity contribution >= 4 is 29.3 Å². The van der Waals surface area contributed by atoms with Crippen LogP contribution < -0.4 is 15.2 Å². The van der Waals surface area contributed by atoms with Crippen LogP contribution in [0.1, 0.15) is 10.4 Å². The van der Waals surface area contributed by atoms with Gasteiger partial charge in [-0.1, -0.05) is 11.6 Å². The van der Waals surface area contributed by atoms with Crippen molar-refractivity contribution in [1.82, 2.24) is 5.32 Å². The molecular formula is C13H11ClNO5-. The smallest absolute Gasteiger partial charge is 0.245 e. The van der Waals surface area contributed by atoms with Gasteiger partial charge in [0.15, 0.2) is 0 Å². The number of halogens is 1. The van der Waals surface area contributed by atoms with Crippen LogP contribution in [0.3, 0.4) is 0 Å². The minimum absolute atomic E-state index is 0.278. The lowest BCUT2D eigenvalue weighted by atomic mass is 10.1. The van der Waals surface area contributed by atoms with E-state index in [-0.39, 0.29) is 10.6 Å². The highest BCUT2D eigenvalue weighted by Gasteiger charge is 2.11. The van der Waals surface area contributed by atoms with Crippen molar-refractivity contribution in [2.45, 2.75) is 0 Å². The van der Waals surface area contributed by atoms with Gasteiger partial charge in [0, 0.05) is 11.6 Å². The Morgan fingerprint density at radius 2 is 1.90 bits per heavy atom. The third-order valence-electron chi connectivity index (χ3n) is 2.23. The predicted molar refractivity (Wildman–Crippen MR) is 69.3 cm³/mol. The topological polar surface area (TPSA) is 95.5 Å². The van der Waals surface area contributed by atoms with E-state index in [1.807, 2.05) is 5.32 Å². The number of carbonyl (C=O) groups excluding carboxylic acids is 3. The van der Waals surface area contributed by atoms with E-state index in [9.17, 15) is 19.5 Å². The molecule has 106 valence electrons. The molecule has 0 unspecified atom stereocenters. The molecule has 1 rings (SSSR count). The highest BCUT2D eigenvalue weighted by atomic mass is 35.5. The highest BCUT2D eigenvalue weighted by Crippen LogP contribution is 2.16. The first-order chi connectivity index (χ1) is 9.43. The maximum Gasteiger partial charge on any atom is 0.245 e. The fourth-order valence-corrected chi connectivity index (χ4v) is 1.48. The van der Waals surface area contributed by atoms with Crippen LogP contribution in [0.5, 0.6) is 5.75 Å². The first-order valence-electron chi connectivity index (χ1n) is 5.47. The lowest BCUT2D eigenvalue weighted by Crippen LogP contribution is -2.37. The molecule has 7 heteroatoms. The van der Waals surface area contributed by atoms with Gasteiger partial charge in [-0.3, -0.25) is 9.59 Å². The summed E-state index contributed by atoms with van der Waals surface area (Å²) in [6.07, 6.45) is 0.817. The number of nitrogens with one attached hydrogen (secondary N) is 1. The lowest BCUT2D eigenvalue weighted by Gasteiger charge is -2.04. The molecule has 1 amide bonds. The number of carboxylic acid groups (broad SMARTS) is 1. The maximum absolute atomic E-state index is 11.9.